The molecule has 3 N–H and O–H groups in total. The van der Waals surface area contributed by atoms with Gasteiger partial charge in [-0.05, 0) is 43.2 Å². The zero-order valence-electron chi connectivity index (χ0n) is 12.1. The summed E-state index contributed by atoms with van der Waals surface area (Å²) in [6.07, 6.45) is 8.52. The quantitative estimate of drug-likeness (QED) is 0.906. The number of nitrogens with zero attached hydrogens (tertiary/aromatic N) is 1. The predicted molar refractivity (Wildman–Crippen MR) is 84.4 cm³/mol. The van der Waals surface area contributed by atoms with Crippen molar-refractivity contribution < 1.29 is 4.79 Å². The van der Waals surface area contributed by atoms with Crippen LogP contribution in [-0.4, -0.2) is 16.0 Å². The zero-order chi connectivity index (χ0) is 14.7. The molecule has 1 aromatic carbocycles. The number of benzene rings is 1. The highest BCUT2D eigenvalue weighted by atomic mass is 16.1. The molecule has 1 aliphatic rings. The van der Waals surface area contributed by atoms with Crippen molar-refractivity contribution in [3.05, 3.63) is 48.8 Å². The first-order valence-electron chi connectivity index (χ1n) is 7.47. The molecule has 1 aliphatic carbocycles. The Morgan fingerprint density at radius 1 is 1.19 bits per heavy atom. The summed E-state index contributed by atoms with van der Waals surface area (Å²) in [6.45, 7) is 0. The molecule has 0 atom stereocenters. The summed E-state index contributed by atoms with van der Waals surface area (Å²) in [6, 6.07) is 11.8. The molecule has 0 spiro atoms. The monoisotopic (exact) mass is 283 g/mol. The van der Waals surface area contributed by atoms with E-state index < -0.39 is 0 Å². The average Bonchev–Trinajstić information content (AvgIpc) is 3.10. The van der Waals surface area contributed by atoms with Crippen molar-refractivity contribution in [3.63, 3.8) is 0 Å². The molecule has 110 valence electrons. The lowest BCUT2D eigenvalue weighted by atomic mass is 9.94. The van der Waals surface area contributed by atoms with Gasteiger partial charge in [0.05, 0.1) is 0 Å². The minimum absolute atomic E-state index is 0.00376. The summed E-state index contributed by atoms with van der Waals surface area (Å²) >= 11 is 0. The second-order valence-electron chi connectivity index (χ2n) is 5.94. The van der Waals surface area contributed by atoms with Gasteiger partial charge in [0.2, 0.25) is 5.91 Å². The van der Waals surface area contributed by atoms with Crippen molar-refractivity contribution in [1.82, 2.24) is 4.57 Å². The highest BCUT2D eigenvalue weighted by Gasteiger charge is 2.31. The van der Waals surface area contributed by atoms with Crippen LogP contribution in [0, 0.1) is 0 Å². The van der Waals surface area contributed by atoms with Crippen LogP contribution < -0.4 is 11.1 Å². The molecule has 21 heavy (non-hydrogen) atoms. The van der Waals surface area contributed by atoms with E-state index in [1.54, 1.807) is 0 Å². The Bertz CT molecular complexity index is 613. The molecule has 0 bridgehead atoms. The van der Waals surface area contributed by atoms with Crippen LogP contribution in [-0.2, 0) is 4.79 Å². The first-order valence-corrected chi connectivity index (χ1v) is 7.47. The summed E-state index contributed by atoms with van der Waals surface area (Å²) < 4.78 is 2.01. The largest absolute Gasteiger partial charge is 0.326 e. The van der Waals surface area contributed by atoms with E-state index in [0.29, 0.717) is 6.42 Å². The minimum atomic E-state index is -0.303. The summed E-state index contributed by atoms with van der Waals surface area (Å²) in [5.74, 6) is 0.00376. The third-order valence-corrected chi connectivity index (χ3v) is 4.14. The van der Waals surface area contributed by atoms with Gasteiger partial charge in [0.1, 0.15) is 0 Å². The molecule has 1 saturated carbocycles. The summed E-state index contributed by atoms with van der Waals surface area (Å²) in [4.78, 5) is 12.2. The SMILES string of the molecule is NC1(CC(=O)Nc2cccc(-n3cccc3)c2)CCCC1. The van der Waals surface area contributed by atoms with Crippen LogP contribution in [0.15, 0.2) is 48.8 Å². The number of aromatic nitrogens is 1. The number of nitrogens with one attached hydrogen (secondary N) is 1. The Morgan fingerprint density at radius 2 is 1.90 bits per heavy atom. The van der Waals surface area contributed by atoms with Crippen molar-refractivity contribution in [2.75, 3.05) is 5.32 Å². The van der Waals surface area contributed by atoms with Crippen LogP contribution in [0.2, 0.25) is 0 Å². The molecule has 1 amide bonds. The van der Waals surface area contributed by atoms with Gasteiger partial charge in [-0.15, -0.1) is 0 Å². The van der Waals surface area contributed by atoms with Crippen LogP contribution in [0.5, 0.6) is 0 Å². The van der Waals surface area contributed by atoms with Crippen molar-refractivity contribution in [2.45, 2.75) is 37.6 Å². The fourth-order valence-electron chi connectivity index (χ4n) is 3.03. The first-order chi connectivity index (χ1) is 10.1. The summed E-state index contributed by atoms with van der Waals surface area (Å²) in [5, 5.41) is 2.96. The van der Waals surface area contributed by atoms with E-state index in [1.165, 1.54) is 0 Å². The topological polar surface area (TPSA) is 60.1 Å². The van der Waals surface area contributed by atoms with E-state index >= 15 is 0 Å². The maximum Gasteiger partial charge on any atom is 0.226 e. The lowest BCUT2D eigenvalue weighted by molar-refractivity contribution is -0.117. The van der Waals surface area contributed by atoms with Gasteiger partial charge in [-0.25, -0.2) is 0 Å². The van der Waals surface area contributed by atoms with Gasteiger partial charge in [-0.3, -0.25) is 4.79 Å². The van der Waals surface area contributed by atoms with E-state index in [9.17, 15) is 4.79 Å². The zero-order valence-corrected chi connectivity index (χ0v) is 12.1. The van der Waals surface area contributed by atoms with Crippen molar-refractivity contribution >= 4 is 11.6 Å². The molecule has 4 nitrogen and oxygen atoms in total. The van der Waals surface area contributed by atoms with Crippen LogP contribution in [0.3, 0.4) is 0 Å². The minimum Gasteiger partial charge on any atom is -0.326 e. The highest BCUT2D eigenvalue weighted by Crippen LogP contribution is 2.30. The molecule has 0 aliphatic heterocycles. The maximum atomic E-state index is 12.2. The Hall–Kier alpha value is -2.07. The third-order valence-electron chi connectivity index (χ3n) is 4.14. The van der Waals surface area contributed by atoms with Crippen LogP contribution in [0.4, 0.5) is 5.69 Å². The van der Waals surface area contributed by atoms with Crippen molar-refractivity contribution in [2.24, 2.45) is 5.73 Å². The molecule has 3 rings (SSSR count). The van der Waals surface area contributed by atoms with Gasteiger partial charge in [0, 0.05) is 35.7 Å². The van der Waals surface area contributed by atoms with Gasteiger partial charge in [0.25, 0.3) is 0 Å². The van der Waals surface area contributed by atoms with E-state index in [4.69, 9.17) is 5.73 Å². The van der Waals surface area contributed by atoms with Crippen molar-refractivity contribution in [3.8, 4) is 5.69 Å². The van der Waals surface area contributed by atoms with Gasteiger partial charge >= 0.3 is 0 Å². The standard InChI is InChI=1S/C17H21N3O/c18-17(8-1-2-9-17)13-16(21)19-14-6-5-7-15(12-14)20-10-3-4-11-20/h3-7,10-12H,1-2,8-9,13,18H2,(H,19,21). The molecule has 0 unspecified atom stereocenters. The molecule has 1 fully saturated rings. The van der Waals surface area contributed by atoms with Gasteiger partial charge in [-0.1, -0.05) is 18.9 Å². The second kappa shape index (κ2) is 5.74. The van der Waals surface area contributed by atoms with Crippen LogP contribution in [0.25, 0.3) is 5.69 Å². The molecule has 2 aromatic rings. The molecule has 1 heterocycles. The van der Waals surface area contributed by atoms with Crippen LogP contribution >= 0.6 is 0 Å². The van der Waals surface area contributed by atoms with Gasteiger partial charge < -0.3 is 15.6 Å². The lowest BCUT2D eigenvalue weighted by Crippen LogP contribution is -2.40. The summed E-state index contributed by atoms with van der Waals surface area (Å²) in [5.41, 5.74) is 7.79. The van der Waals surface area contributed by atoms with E-state index in [1.807, 2.05) is 53.4 Å². The number of nitrogens with two attached hydrogens (primary N) is 1. The molecular formula is C17H21N3O. The number of hydrogen-bond acceptors (Lipinski definition) is 2. The Morgan fingerprint density at radius 3 is 2.62 bits per heavy atom. The second-order valence-corrected chi connectivity index (χ2v) is 5.94. The predicted octanol–water partition coefficient (Wildman–Crippen LogP) is 3.08. The third kappa shape index (κ3) is 3.34. The van der Waals surface area contributed by atoms with E-state index in [2.05, 4.69) is 5.32 Å². The average molecular weight is 283 g/mol. The molecule has 1 aromatic heterocycles. The number of carbonyl (C=O) groups excluding carboxylic acids is 1. The van der Waals surface area contributed by atoms with Gasteiger partial charge in [0.15, 0.2) is 0 Å². The number of amides is 1. The molecular weight excluding hydrogens is 262 g/mol. The van der Waals surface area contributed by atoms with E-state index in [-0.39, 0.29) is 11.4 Å². The fourth-order valence-corrected chi connectivity index (χ4v) is 3.03. The smallest absolute Gasteiger partial charge is 0.226 e. The number of carbonyl (C=O) groups is 1. The Kier molecular flexibility index (Phi) is 3.80. The van der Waals surface area contributed by atoms with Crippen LogP contribution in [0.1, 0.15) is 32.1 Å². The Balaban J connectivity index is 1.67. The normalized spacial score (nSPS) is 16.8. The molecule has 4 heteroatoms. The number of hydrogen-bond donors (Lipinski definition) is 2. The lowest BCUT2D eigenvalue weighted by Gasteiger charge is -2.22. The molecule has 0 radical (unpaired) electrons. The van der Waals surface area contributed by atoms with E-state index in [0.717, 1.165) is 37.1 Å². The highest BCUT2D eigenvalue weighted by molar-refractivity contribution is 5.91. The first kappa shape index (κ1) is 13.9. The van der Waals surface area contributed by atoms with Crippen molar-refractivity contribution in [1.29, 1.82) is 0 Å². The fraction of sp³-hybridized carbons (Fsp3) is 0.353. The number of rotatable bonds is 4. The number of anilines is 1. The van der Waals surface area contributed by atoms with Gasteiger partial charge in [-0.2, -0.15) is 0 Å². The molecule has 0 saturated heterocycles. The Labute approximate surface area is 125 Å². The maximum absolute atomic E-state index is 12.2. The summed E-state index contributed by atoms with van der Waals surface area (Å²) in [7, 11) is 0.